The van der Waals surface area contributed by atoms with E-state index in [1.54, 1.807) is 31.0 Å². The predicted molar refractivity (Wildman–Crippen MR) is 157 cm³/mol. The zero-order valence-corrected chi connectivity index (χ0v) is 23.5. The van der Waals surface area contributed by atoms with Gasteiger partial charge in [0.05, 0.1) is 29.3 Å². The lowest BCUT2D eigenvalue weighted by Crippen LogP contribution is -2.29. The fourth-order valence-corrected chi connectivity index (χ4v) is 6.21. The number of nitrogens with zero attached hydrogens (tertiary/aromatic N) is 4. The molecule has 2 atom stereocenters. The minimum Gasteiger partial charge on any atom is -0.383 e. The second-order valence-electron chi connectivity index (χ2n) is 9.31. The maximum atomic E-state index is 11.0. The Balaban J connectivity index is 1.48. The summed E-state index contributed by atoms with van der Waals surface area (Å²) in [6, 6.07) is 22.8. The number of nitro benzene ring substituents is 1. The summed E-state index contributed by atoms with van der Waals surface area (Å²) in [4.78, 5) is 19.4. The Morgan fingerprint density at radius 1 is 1.08 bits per heavy atom. The van der Waals surface area contributed by atoms with Gasteiger partial charge in [0.25, 0.3) is 5.69 Å². The minimum absolute atomic E-state index is 0.0832. The van der Waals surface area contributed by atoms with Crippen molar-refractivity contribution >= 4 is 40.5 Å². The molecular weight excluding hydrogens is 530 g/mol. The molecule has 0 spiro atoms. The Kier molecular flexibility index (Phi) is 7.97. The lowest BCUT2D eigenvalue weighted by molar-refractivity contribution is -0.384. The molecular formula is C29H29N5O3S2. The van der Waals surface area contributed by atoms with Crippen molar-refractivity contribution in [3.8, 4) is 0 Å². The van der Waals surface area contributed by atoms with E-state index in [1.807, 2.05) is 24.4 Å². The molecule has 1 aliphatic rings. The molecule has 4 aromatic rings. The highest BCUT2D eigenvalue weighted by atomic mass is 32.2. The van der Waals surface area contributed by atoms with Crippen LogP contribution in [0.1, 0.15) is 34.7 Å². The van der Waals surface area contributed by atoms with Crippen molar-refractivity contribution in [2.24, 2.45) is 0 Å². The Bertz CT molecular complexity index is 1470. The standard InChI is InChI=1S/C29H29N5O3S2/c1-19-18-25(20(2)32(19)16-17-37-3)28-27(26-6-4-5-15-30-26)31-29(38)33(28)21-7-11-23(12-8-21)39-24-13-9-22(10-14-24)34(35)36/h4-15,18,27-28H,16-17H2,1-3H3,(H,31,38). The predicted octanol–water partition coefficient (Wildman–Crippen LogP) is 6.38. The molecule has 0 amide bonds. The molecule has 200 valence electrons. The number of nitro groups is 1. The number of aromatic nitrogens is 2. The number of anilines is 1. The van der Waals surface area contributed by atoms with E-state index >= 15 is 0 Å². The number of rotatable bonds is 9. The first-order chi connectivity index (χ1) is 18.9. The topological polar surface area (TPSA) is 85.5 Å². The van der Waals surface area contributed by atoms with E-state index in [-0.39, 0.29) is 22.7 Å². The van der Waals surface area contributed by atoms with Crippen LogP contribution in [0.25, 0.3) is 0 Å². The first kappa shape index (κ1) is 26.9. The quantitative estimate of drug-likeness (QED) is 0.144. The van der Waals surface area contributed by atoms with Gasteiger partial charge in [-0.05, 0) is 86.2 Å². The van der Waals surface area contributed by atoms with Crippen LogP contribution in [0.5, 0.6) is 0 Å². The maximum absolute atomic E-state index is 11.0. The van der Waals surface area contributed by atoms with E-state index in [0.717, 1.165) is 27.7 Å². The number of methoxy groups -OCH3 is 1. The molecule has 3 heterocycles. The molecule has 5 rings (SSSR count). The third-order valence-electron chi connectivity index (χ3n) is 6.95. The van der Waals surface area contributed by atoms with Crippen LogP contribution in [0, 0.1) is 24.0 Å². The van der Waals surface area contributed by atoms with Gasteiger partial charge in [-0.3, -0.25) is 15.1 Å². The van der Waals surface area contributed by atoms with E-state index in [0.29, 0.717) is 11.7 Å². The number of hydrogen-bond acceptors (Lipinski definition) is 6. The summed E-state index contributed by atoms with van der Waals surface area (Å²) in [6.07, 6.45) is 1.81. The average Bonchev–Trinajstić information content (AvgIpc) is 3.43. The van der Waals surface area contributed by atoms with E-state index in [1.165, 1.54) is 29.1 Å². The molecule has 8 nitrogen and oxygen atoms in total. The van der Waals surface area contributed by atoms with Gasteiger partial charge < -0.3 is 19.5 Å². The SMILES string of the molecule is COCCn1c(C)cc(C2C(c3ccccn3)NC(=S)N2c2ccc(Sc3ccc([N+](=O)[O-])cc3)cc2)c1C. The normalized spacial score (nSPS) is 16.9. The fourth-order valence-electron chi connectivity index (χ4n) is 5.05. The second-order valence-corrected chi connectivity index (χ2v) is 10.8. The van der Waals surface area contributed by atoms with Gasteiger partial charge in [-0.2, -0.15) is 0 Å². The van der Waals surface area contributed by atoms with E-state index in [9.17, 15) is 10.1 Å². The summed E-state index contributed by atoms with van der Waals surface area (Å²) in [5.74, 6) is 0. The van der Waals surface area contributed by atoms with Crippen molar-refractivity contribution < 1.29 is 9.66 Å². The molecule has 39 heavy (non-hydrogen) atoms. The van der Waals surface area contributed by atoms with Gasteiger partial charge in [0, 0.05) is 58.9 Å². The number of ether oxygens (including phenoxy) is 1. The Labute approximate surface area is 237 Å². The molecule has 10 heteroatoms. The Hall–Kier alpha value is -3.73. The zero-order valence-electron chi connectivity index (χ0n) is 21.9. The lowest BCUT2D eigenvalue weighted by Gasteiger charge is -2.28. The molecule has 2 aromatic carbocycles. The van der Waals surface area contributed by atoms with Crippen LogP contribution in [-0.2, 0) is 11.3 Å². The highest BCUT2D eigenvalue weighted by molar-refractivity contribution is 7.99. The minimum atomic E-state index is -0.389. The second kappa shape index (κ2) is 11.6. The summed E-state index contributed by atoms with van der Waals surface area (Å²) >= 11 is 7.46. The molecule has 2 aromatic heterocycles. The van der Waals surface area contributed by atoms with Crippen LogP contribution in [0.3, 0.4) is 0 Å². The molecule has 1 aliphatic heterocycles. The van der Waals surface area contributed by atoms with Crippen molar-refractivity contribution in [2.75, 3.05) is 18.6 Å². The van der Waals surface area contributed by atoms with Gasteiger partial charge >= 0.3 is 0 Å². The van der Waals surface area contributed by atoms with Crippen molar-refractivity contribution in [2.45, 2.75) is 42.3 Å². The van der Waals surface area contributed by atoms with Crippen molar-refractivity contribution in [3.05, 3.63) is 112 Å². The number of pyridine rings is 1. The number of thiocarbonyl (C=S) groups is 1. The smallest absolute Gasteiger partial charge is 0.269 e. The molecule has 0 saturated carbocycles. The van der Waals surface area contributed by atoms with E-state index in [2.05, 4.69) is 63.9 Å². The summed E-state index contributed by atoms with van der Waals surface area (Å²) in [7, 11) is 1.72. The summed E-state index contributed by atoms with van der Waals surface area (Å²) in [5.41, 5.74) is 5.53. The number of hydrogen-bond donors (Lipinski definition) is 1. The first-order valence-corrected chi connectivity index (χ1v) is 13.8. The lowest BCUT2D eigenvalue weighted by atomic mass is 9.96. The Morgan fingerprint density at radius 2 is 1.77 bits per heavy atom. The number of non-ortho nitro benzene ring substituents is 1. The van der Waals surface area contributed by atoms with Crippen LogP contribution in [-0.4, -0.2) is 33.3 Å². The van der Waals surface area contributed by atoms with Gasteiger partial charge in [-0.1, -0.05) is 17.8 Å². The number of aryl methyl sites for hydroxylation is 1. The molecule has 1 saturated heterocycles. The van der Waals surface area contributed by atoms with E-state index in [4.69, 9.17) is 17.0 Å². The summed E-state index contributed by atoms with van der Waals surface area (Å²) in [6.45, 7) is 5.69. The average molecular weight is 560 g/mol. The van der Waals surface area contributed by atoms with Crippen LogP contribution >= 0.6 is 24.0 Å². The molecule has 1 fully saturated rings. The van der Waals surface area contributed by atoms with E-state index < -0.39 is 0 Å². The number of nitrogens with one attached hydrogen (secondary N) is 1. The molecule has 2 unspecified atom stereocenters. The third-order valence-corrected chi connectivity index (χ3v) is 8.28. The summed E-state index contributed by atoms with van der Waals surface area (Å²) < 4.78 is 7.64. The van der Waals surface area contributed by atoms with Gasteiger partial charge in [-0.15, -0.1) is 0 Å². The van der Waals surface area contributed by atoms with Gasteiger partial charge in [0.2, 0.25) is 0 Å². The highest BCUT2D eigenvalue weighted by Gasteiger charge is 2.42. The van der Waals surface area contributed by atoms with Crippen molar-refractivity contribution in [1.29, 1.82) is 0 Å². The fraction of sp³-hybridized carbons (Fsp3) is 0.241. The zero-order chi connectivity index (χ0) is 27.5. The van der Waals surface area contributed by atoms with Crippen molar-refractivity contribution in [1.82, 2.24) is 14.9 Å². The van der Waals surface area contributed by atoms with Crippen LogP contribution in [0.4, 0.5) is 11.4 Å². The van der Waals surface area contributed by atoms with Crippen LogP contribution in [0.15, 0.2) is 88.8 Å². The van der Waals surface area contributed by atoms with Gasteiger partial charge in [0.1, 0.15) is 0 Å². The molecule has 0 aliphatic carbocycles. The summed E-state index contributed by atoms with van der Waals surface area (Å²) in [5, 5.41) is 15.1. The monoisotopic (exact) mass is 559 g/mol. The highest BCUT2D eigenvalue weighted by Crippen LogP contribution is 2.43. The maximum Gasteiger partial charge on any atom is 0.269 e. The van der Waals surface area contributed by atoms with Crippen molar-refractivity contribution in [3.63, 3.8) is 0 Å². The van der Waals surface area contributed by atoms with Gasteiger partial charge in [0.15, 0.2) is 5.11 Å². The number of benzene rings is 2. The first-order valence-electron chi connectivity index (χ1n) is 12.6. The molecule has 0 radical (unpaired) electrons. The Morgan fingerprint density at radius 3 is 2.38 bits per heavy atom. The van der Waals surface area contributed by atoms with Crippen LogP contribution in [0.2, 0.25) is 0 Å². The molecule has 1 N–H and O–H groups in total. The van der Waals surface area contributed by atoms with Crippen LogP contribution < -0.4 is 10.2 Å². The van der Waals surface area contributed by atoms with Gasteiger partial charge in [-0.25, -0.2) is 0 Å². The molecule has 0 bridgehead atoms. The largest absolute Gasteiger partial charge is 0.383 e. The third kappa shape index (κ3) is 5.54.